The summed E-state index contributed by atoms with van der Waals surface area (Å²) in [6, 6.07) is 4.29. The average molecular weight is 449 g/mol. The smallest absolute Gasteiger partial charge is 0.292 e. The first kappa shape index (κ1) is 18.9. The molecule has 1 amide bonds. The maximum Gasteiger partial charge on any atom is 0.292 e. The Hall–Kier alpha value is -3.86. The Morgan fingerprint density at radius 2 is 2.22 bits per heavy atom. The number of hydrogen-bond donors (Lipinski definition) is 1. The molecule has 0 fully saturated rings. The molecular weight excluding hydrogens is 433 g/mol. The average Bonchev–Trinajstić information content (AvgIpc) is 3.57. The molecule has 1 atom stereocenters. The van der Waals surface area contributed by atoms with E-state index in [4.69, 9.17) is 4.42 Å². The topological polar surface area (TPSA) is 106 Å². The highest BCUT2D eigenvalue weighted by atomic mass is 32.1. The van der Waals surface area contributed by atoms with Crippen LogP contribution in [0, 0.1) is 5.82 Å². The van der Waals surface area contributed by atoms with E-state index in [1.807, 2.05) is 6.07 Å². The Morgan fingerprint density at radius 1 is 1.31 bits per heavy atom. The number of oxazole rings is 1. The zero-order valence-corrected chi connectivity index (χ0v) is 17.6. The standard InChI is InChI=1S/C21H16FN7O2S/c1-28-9-11(7-26-28)19-23-8-14(31-19)21(30)29-6-5-13-17(25-10-24-13)18(29)20-27-16-12(22)3-2-4-15(16)32-20/h2-4,7-10,18H,5-6H2,1H3,(H,24,25)/t18-/m0/s1. The second-order valence-corrected chi connectivity index (χ2v) is 8.55. The Labute approximate surface area is 184 Å². The number of thiazole rings is 1. The van der Waals surface area contributed by atoms with Crippen molar-refractivity contribution in [3.8, 4) is 11.5 Å². The molecule has 32 heavy (non-hydrogen) atoms. The number of amides is 1. The number of aryl methyl sites for hydroxylation is 1. The minimum absolute atomic E-state index is 0.111. The molecule has 6 rings (SSSR count). The van der Waals surface area contributed by atoms with Crippen LogP contribution in [-0.4, -0.2) is 47.1 Å². The first-order chi connectivity index (χ1) is 15.6. The van der Waals surface area contributed by atoms with Crippen LogP contribution in [0.3, 0.4) is 0 Å². The van der Waals surface area contributed by atoms with Crippen LogP contribution < -0.4 is 0 Å². The summed E-state index contributed by atoms with van der Waals surface area (Å²) < 4.78 is 22.4. The number of rotatable bonds is 3. The first-order valence-electron chi connectivity index (χ1n) is 9.91. The van der Waals surface area contributed by atoms with Gasteiger partial charge in [0.05, 0.1) is 34.7 Å². The van der Waals surface area contributed by atoms with E-state index in [2.05, 4.69) is 25.0 Å². The summed E-state index contributed by atoms with van der Waals surface area (Å²) in [6.07, 6.45) is 7.01. The van der Waals surface area contributed by atoms with Crippen molar-refractivity contribution >= 4 is 27.5 Å². The van der Waals surface area contributed by atoms with Crippen LogP contribution in [-0.2, 0) is 13.5 Å². The van der Waals surface area contributed by atoms with Crippen LogP contribution in [0.25, 0.3) is 21.7 Å². The maximum atomic E-state index is 14.3. The SMILES string of the molecule is Cn1cc(-c2ncc(C(=O)N3CCc4[nH]cnc4[C@H]3c3nc4c(F)cccc4s3)o2)cn1. The van der Waals surface area contributed by atoms with Crippen molar-refractivity contribution in [1.29, 1.82) is 0 Å². The van der Waals surface area contributed by atoms with E-state index in [0.717, 1.165) is 5.69 Å². The highest BCUT2D eigenvalue weighted by Gasteiger charge is 2.38. The largest absolute Gasteiger partial charge is 0.431 e. The molecule has 160 valence electrons. The Morgan fingerprint density at radius 3 is 3.03 bits per heavy atom. The molecule has 0 saturated heterocycles. The van der Waals surface area contributed by atoms with Crippen molar-refractivity contribution in [3.63, 3.8) is 0 Å². The number of H-pyrrole nitrogens is 1. The van der Waals surface area contributed by atoms with Crippen molar-refractivity contribution in [2.75, 3.05) is 6.54 Å². The summed E-state index contributed by atoms with van der Waals surface area (Å²) >= 11 is 1.35. The first-order valence-corrected chi connectivity index (χ1v) is 10.7. The van der Waals surface area contributed by atoms with E-state index >= 15 is 0 Å². The lowest BCUT2D eigenvalue weighted by Crippen LogP contribution is -2.40. The van der Waals surface area contributed by atoms with Gasteiger partial charge in [-0.2, -0.15) is 5.10 Å². The number of aromatic amines is 1. The van der Waals surface area contributed by atoms with Crippen LogP contribution in [0.15, 0.2) is 47.5 Å². The fourth-order valence-corrected chi connectivity index (χ4v) is 5.07. The summed E-state index contributed by atoms with van der Waals surface area (Å²) in [5.74, 6) is -0.291. The molecule has 0 aliphatic carbocycles. The molecule has 0 radical (unpaired) electrons. The fraction of sp³-hybridized carbons (Fsp3) is 0.190. The van der Waals surface area contributed by atoms with Gasteiger partial charge in [0, 0.05) is 31.9 Å². The Kier molecular flexibility index (Phi) is 4.18. The lowest BCUT2D eigenvalue weighted by molar-refractivity contribution is 0.0659. The van der Waals surface area contributed by atoms with E-state index in [0.29, 0.717) is 45.3 Å². The molecule has 1 N–H and O–H groups in total. The number of halogens is 1. The third kappa shape index (κ3) is 2.93. The molecular formula is C21H16FN7O2S. The number of imidazole rings is 1. The normalized spacial score (nSPS) is 15.9. The maximum absolute atomic E-state index is 14.3. The van der Waals surface area contributed by atoms with Gasteiger partial charge in [-0.05, 0) is 12.1 Å². The van der Waals surface area contributed by atoms with E-state index < -0.39 is 11.9 Å². The minimum Gasteiger partial charge on any atom is -0.431 e. The van der Waals surface area contributed by atoms with Crippen molar-refractivity contribution in [2.24, 2.45) is 7.05 Å². The van der Waals surface area contributed by atoms with Gasteiger partial charge in [-0.1, -0.05) is 6.07 Å². The number of aromatic nitrogens is 6. The third-order valence-corrected chi connectivity index (χ3v) is 6.55. The second kappa shape index (κ2) is 7.09. The number of carbonyl (C=O) groups excluding carboxylic acids is 1. The van der Waals surface area contributed by atoms with E-state index in [1.165, 1.54) is 23.6 Å². The summed E-state index contributed by atoms with van der Waals surface area (Å²) in [5, 5.41) is 4.70. The van der Waals surface area contributed by atoms with Crippen molar-refractivity contribution in [3.05, 3.63) is 71.1 Å². The molecule has 9 nitrogen and oxygen atoms in total. The number of fused-ring (bicyclic) bond motifs is 2. The van der Waals surface area contributed by atoms with Crippen LogP contribution in [0.4, 0.5) is 4.39 Å². The number of benzene rings is 1. The zero-order chi connectivity index (χ0) is 21.8. The van der Waals surface area contributed by atoms with Gasteiger partial charge in [-0.25, -0.2) is 19.3 Å². The lowest BCUT2D eigenvalue weighted by atomic mass is 10.0. The summed E-state index contributed by atoms with van der Waals surface area (Å²) in [6.45, 7) is 0.431. The van der Waals surface area contributed by atoms with Crippen LogP contribution in [0.2, 0.25) is 0 Å². The highest BCUT2D eigenvalue weighted by Crippen LogP contribution is 2.38. The van der Waals surface area contributed by atoms with Gasteiger partial charge in [-0.3, -0.25) is 9.48 Å². The summed E-state index contributed by atoms with van der Waals surface area (Å²) in [4.78, 5) is 31.5. The van der Waals surface area contributed by atoms with Gasteiger partial charge >= 0.3 is 0 Å². The van der Waals surface area contributed by atoms with Gasteiger partial charge in [-0.15, -0.1) is 11.3 Å². The number of hydrogen-bond acceptors (Lipinski definition) is 7. The van der Waals surface area contributed by atoms with Crippen LogP contribution in [0.5, 0.6) is 0 Å². The Bertz CT molecular complexity index is 1470. The predicted octanol–water partition coefficient (Wildman–Crippen LogP) is 3.33. The van der Waals surface area contributed by atoms with Crippen molar-refractivity contribution < 1.29 is 13.6 Å². The molecule has 1 aliphatic heterocycles. The van der Waals surface area contributed by atoms with Crippen LogP contribution >= 0.6 is 11.3 Å². The molecule has 1 aromatic carbocycles. The van der Waals surface area contributed by atoms with Crippen molar-refractivity contribution in [1.82, 2.24) is 34.6 Å². The summed E-state index contributed by atoms with van der Waals surface area (Å²) in [5.41, 5.74) is 2.61. The predicted molar refractivity (Wildman–Crippen MR) is 113 cm³/mol. The van der Waals surface area contributed by atoms with Gasteiger partial charge in [0.15, 0.2) is 0 Å². The zero-order valence-electron chi connectivity index (χ0n) is 16.8. The molecule has 0 unspecified atom stereocenters. The number of para-hydroxylation sites is 1. The molecule has 5 heterocycles. The third-order valence-electron chi connectivity index (χ3n) is 5.47. The van der Waals surface area contributed by atoms with Gasteiger partial charge < -0.3 is 14.3 Å². The molecule has 0 saturated carbocycles. The lowest BCUT2D eigenvalue weighted by Gasteiger charge is -2.33. The molecule has 11 heteroatoms. The quantitative estimate of drug-likeness (QED) is 0.453. The fourth-order valence-electron chi connectivity index (χ4n) is 3.97. The van der Waals surface area contributed by atoms with E-state index in [-0.39, 0.29) is 11.7 Å². The molecule has 0 spiro atoms. The van der Waals surface area contributed by atoms with Gasteiger partial charge in [0.2, 0.25) is 11.7 Å². The summed E-state index contributed by atoms with van der Waals surface area (Å²) in [7, 11) is 1.79. The second-order valence-electron chi connectivity index (χ2n) is 7.49. The monoisotopic (exact) mass is 449 g/mol. The molecule has 0 bridgehead atoms. The number of carbonyl (C=O) groups is 1. The van der Waals surface area contributed by atoms with Gasteiger partial charge in [0.25, 0.3) is 5.91 Å². The van der Waals surface area contributed by atoms with Crippen molar-refractivity contribution in [2.45, 2.75) is 12.5 Å². The highest BCUT2D eigenvalue weighted by molar-refractivity contribution is 7.18. The van der Waals surface area contributed by atoms with Gasteiger partial charge in [0.1, 0.15) is 22.4 Å². The molecule has 4 aromatic heterocycles. The number of nitrogens with zero attached hydrogens (tertiary/aromatic N) is 6. The van der Waals surface area contributed by atoms with E-state index in [1.54, 1.807) is 41.4 Å². The van der Waals surface area contributed by atoms with E-state index in [9.17, 15) is 9.18 Å². The molecule has 5 aromatic rings. The minimum atomic E-state index is -0.554. The Balaban J connectivity index is 1.41. The molecule has 1 aliphatic rings. The number of nitrogens with one attached hydrogen (secondary N) is 1. The van der Waals surface area contributed by atoms with Crippen LogP contribution in [0.1, 0.15) is 33.0 Å².